The van der Waals surface area contributed by atoms with Gasteiger partial charge in [0.2, 0.25) is 0 Å². The van der Waals surface area contributed by atoms with E-state index in [2.05, 4.69) is 0 Å². The van der Waals surface area contributed by atoms with Crippen LogP contribution >= 0.6 is 11.6 Å². The molecule has 13 heavy (non-hydrogen) atoms. The first kappa shape index (κ1) is 9.82. The molecule has 0 amide bonds. The van der Waals surface area contributed by atoms with Crippen molar-refractivity contribution < 1.29 is 9.13 Å². The van der Waals surface area contributed by atoms with Gasteiger partial charge in [-0.15, -0.1) is 0 Å². The number of nitrogens with zero attached hydrogens (tertiary/aromatic N) is 1. The molecule has 0 N–H and O–H groups in total. The molecule has 0 aliphatic carbocycles. The van der Waals surface area contributed by atoms with E-state index in [4.69, 9.17) is 21.6 Å². The normalized spacial score (nSPS) is 9.31. The molecule has 1 rings (SSSR count). The molecule has 0 aliphatic heterocycles. The van der Waals surface area contributed by atoms with Crippen LogP contribution in [0.5, 0.6) is 5.75 Å². The van der Waals surface area contributed by atoms with Crippen molar-refractivity contribution in [2.75, 3.05) is 13.3 Å². The van der Waals surface area contributed by atoms with Crippen molar-refractivity contribution in [2.24, 2.45) is 0 Å². The fourth-order valence-electron chi connectivity index (χ4n) is 0.882. The van der Waals surface area contributed by atoms with Gasteiger partial charge in [0.25, 0.3) is 0 Å². The average molecular weight is 200 g/mol. The molecule has 0 aliphatic rings. The van der Waals surface area contributed by atoms with Crippen molar-refractivity contribution >= 4 is 11.6 Å². The maximum absolute atomic E-state index is 11.8. The molecular weight excluding hydrogens is 193 g/mol. The number of alkyl halides is 1. The van der Waals surface area contributed by atoms with Gasteiger partial charge in [-0.3, -0.25) is 0 Å². The molecule has 0 bridgehead atoms. The summed E-state index contributed by atoms with van der Waals surface area (Å²) in [5, 5.41) is 9.01. The average Bonchev–Trinajstić information content (AvgIpc) is 2.15. The Balaban J connectivity index is 2.93. The summed E-state index contributed by atoms with van der Waals surface area (Å²) in [6.07, 6.45) is 0. The van der Waals surface area contributed by atoms with Crippen molar-refractivity contribution in [1.82, 2.24) is 0 Å². The van der Waals surface area contributed by atoms with E-state index < -0.39 is 6.67 Å². The van der Waals surface area contributed by atoms with Gasteiger partial charge in [0.1, 0.15) is 30.7 Å². The molecule has 0 radical (unpaired) electrons. The van der Waals surface area contributed by atoms with Crippen molar-refractivity contribution in [1.29, 1.82) is 5.26 Å². The van der Waals surface area contributed by atoms with Crippen molar-refractivity contribution in [3.63, 3.8) is 0 Å². The molecule has 0 spiro atoms. The lowest BCUT2D eigenvalue weighted by Crippen LogP contribution is -2.00. The fraction of sp³-hybridized carbons (Fsp3) is 0.222. The quantitative estimate of drug-likeness (QED) is 0.750. The summed E-state index contributed by atoms with van der Waals surface area (Å²) >= 11 is 5.71. The van der Waals surface area contributed by atoms with Crippen molar-refractivity contribution in [2.45, 2.75) is 0 Å². The summed E-state index contributed by atoms with van der Waals surface area (Å²) in [5.41, 5.74) is 0.248. The molecule has 4 heteroatoms. The number of hydrogen-bond donors (Lipinski definition) is 0. The van der Waals surface area contributed by atoms with Gasteiger partial charge in [0, 0.05) is 0 Å². The predicted octanol–water partition coefficient (Wildman–Crippen LogP) is 2.56. The van der Waals surface area contributed by atoms with Gasteiger partial charge in [-0.25, -0.2) is 4.39 Å². The number of hydrogen-bond acceptors (Lipinski definition) is 2. The minimum atomic E-state index is -0.586. The first-order valence-corrected chi connectivity index (χ1v) is 4.04. The first-order valence-electron chi connectivity index (χ1n) is 3.67. The number of nitriles is 1. The summed E-state index contributed by atoms with van der Waals surface area (Å²) < 4.78 is 16.8. The van der Waals surface area contributed by atoms with Gasteiger partial charge in [-0.2, -0.15) is 5.26 Å². The number of benzene rings is 1. The summed E-state index contributed by atoms with van der Waals surface area (Å²) in [5.74, 6) is 0.327. The zero-order valence-electron chi connectivity index (χ0n) is 6.76. The van der Waals surface area contributed by atoms with Crippen LogP contribution in [-0.2, 0) is 0 Å². The smallest absolute Gasteiger partial charge is 0.138 e. The number of rotatable bonds is 3. The fourth-order valence-corrected chi connectivity index (χ4v) is 1.09. The van der Waals surface area contributed by atoms with E-state index in [0.29, 0.717) is 10.8 Å². The maximum Gasteiger partial charge on any atom is 0.138 e. The summed E-state index contributed by atoms with van der Waals surface area (Å²) in [6.45, 7) is -0.646. The molecule has 0 atom stereocenters. The van der Waals surface area contributed by atoms with E-state index in [1.807, 2.05) is 6.07 Å². The van der Waals surface area contributed by atoms with Crippen LogP contribution in [0.3, 0.4) is 0 Å². The Kier molecular flexibility index (Phi) is 3.53. The lowest BCUT2D eigenvalue weighted by Gasteiger charge is -2.05. The van der Waals surface area contributed by atoms with Gasteiger partial charge in [-0.05, 0) is 12.1 Å². The van der Waals surface area contributed by atoms with E-state index in [-0.39, 0.29) is 12.2 Å². The second-order valence-electron chi connectivity index (χ2n) is 2.26. The topological polar surface area (TPSA) is 33.0 Å². The van der Waals surface area contributed by atoms with Gasteiger partial charge in [0.05, 0.1) is 5.02 Å². The highest BCUT2D eigenvalue weighted by molar-refractivity contribution is 6.31. The van der Waals surface area contributed by atoms with Gasteiger partial charge in [-0.1, -0.05) is 17.7 Å². The molecule has 0 saturated heterocycles. The van der Waals surface area contributed by atoms with Gasteiger partial charge < -0.3 is 4.74 Å². The van der Waals surface area contributed by atoms with E-state index in [0.717, 1.165) is 0 Å². The van der Waals surface area contributed by atoms with Crippen LogP contribution in [0.4, 0.5) is 4.39 Å². The Hall–Kier alpha value is -1.27. The standard InChI is InChI=1S/C9H7ClFNO/c10-8-2-1-3-9(7(8)6-12)13-5-4-11/h1-3H,4-5H2. The Morgan fingerprint density at radius 3 is 2.92 bits per heavy atom. The lowest BCUT2D eigenvalue weighted by atomic mass is 10.2. The minimum Gasteiger partial charge on any atom is -0.489 e. The largest absolute Gasteiger partial charge is 0.489 e. The number of ether oxygens (including phenoxy) is 1. The highest BCUT2D eigenvalue weighted by atomic mass is 35.5. The molecule has 0 aromatic heterocycles. The lowest BCUT2D eigenvalue weighted by molar-refractivity contribution is 0.272. The highest BCUT2D eigenvalue weighted by Gasteiger charge is 2.06. The third-order valence-electron chi connectivity index (χ3n) is 1.42. The third kappa shape index (κ3) is 2.33. The Bertz CT molecular complexity index is 335. The molecule has 0 heterocycles. The summed E-state index contributed by atoms with van der Waals surface area (Å²) in [6, 6.07) is 6.71. The zero-order chi connectivity index (χ0) is 9.68. The van der Waals surface area contributed by atoms with Crippen LogP contribution in [0.1, 0.15) is 5.56 Å². The first-order chi connectivity index (χ1) is 6.29. The van der Waals surface area contributed by atoms with Crippen LogP contribution in [0.25, 0.3) is 0 Å². The SMILES string of the molecule is N#Cc1c(Cl)cccc1OCCF. The Labute approximate surface area is 80.5 Å². The molecule has 68 valence electrons. The van der Waals surface area contributed by atoms with Crippen LogP contribution in [0.15, 0.2) is 18.2 Å². The second-order valence-corrected chi connectivity index (χ2v) is 2.67. The molecular formula is C9H7ClFNO. The van der Waals surface area contributed by atoms with Crippen LogP contribution in [0, 0.1) is 11.3 Å². The van der Waals surface area contributed by atoms with Gasteiger partial charge >= 0.3 is 0 Å². The monoisotopic (exact) mass is 199 g/mol. The molecule has 1 aromatic rings. The zero-order valence-corrected chi connectivity index (χ0v) is 7.51. The second kappa shape index (κ2) is 4.68. The summed E-state index contributed by atoms with van der Waals surface area (Å²) in [7, 11) is 0. The van der Waals surface area contributed by atoms with Gasteiger partial charge in [0.15, 0.2) is 0 Å². The predicted molar refractivity (Wildman–Crippen MR) is 47.6 cm³/mol. The maximum atomic E-state index is 11.8. The minimum absolute atomic E-state index is 0.0605. The van der Waals surface area contributed by atoms with Crippen molar-refractivity contribution in [3.05, 3.63) is 28.8 Å². The van der Waals surface area contributed by atoms with E-state index in [1.54, 1.807) is 18.2 Å². The van der Waals surface area contributed by atoms with E-state index >= 15 is 0 Å². The molecule has 1 aromatic carbocycles. The van der Waals surface area contributed by atoms with E-state index in [9.17, 15) is 4.39 Å². The highest BCUT2D eigenvalue weighted by Crippen LogP contribution is 2.25. The van der Waals surface area contributed by atoms with Crippen molar-refractivity contribution in [3.8, 4) is 11.8 Å². The molecule has 2 nitrogen and oxygen atoms in total. The van der Waals surface area contributed by atoms with Crippen LogP contribution in [-0.4, -0.2) is 13.3 Å². The Morgan fingerprint density at radius 2 is 2.31 bits per heavy atom. The van der Waals surface area contributed by atoms with Crippen LogP contribution < -0.4 is 4.74 Å². The molecule has 0 unspecified atom stereocenters. The summed E-state index contributed by atoms with van der Waals surface area (Å²) in [4.78, 5) is 0. The van der Waals surface area contributed by atoms with E-state index in [1.165, 1.54) is 0 Å². The Morgan fingerprint density at radius 1 is 1.54 bits per heavy atom. The van der Waals surface area contributed by atoms with Crippen LogP contribution in [0.2, 0.25) is 5.02 Å². The molecule has 0 saturated carbocycles. The molecule has 0 fully saturated rings. The number of halogens is 2. The third-order valence-corrected chi connectivity index (χ3v) is 1.74.